The summed E-state index contributed by atoms with van der Waals surface area (Å²) >= 11 is 0. The molecular formula is C17H16N4O4. The lowest BCUT2D eigenvalue weighted by Crippen LogP contribution is -2.34. The van der Waals surface area contributed by atoms with Crippen molar-refractivity contribution in [1.82, 2.24) is 4.98 Å². The normalized spacial score (nSPS) is 15.4. The van der Waals surface area contributed by atoms with E-state index < -0.39 is 12.0 Å². The second-order valence-electron chi connectivity index (χ2n) is 5.50. The van der Waals surface area contributed by atoms with Crippen LogP contribution in [0.25, 0.3) is 0 Å². The molecule has 1 aliphatic rings. The maximum Gasteiger partial charge on any atom is 0.274 e. The van der Waals surface area contributed by atoms with E-state index >= 15 is 0 Å². The SMILES string of the molecule is CC(=O)Nc1cccc(C(=O)Nc2ccc3c(c2)NC(=O)C(C)O3)n1. The Balaban J connectivity index is 1.76. The van der Waals surface area contributed by atoms with Gasteiger partial charge >= 0.3 is 0 Å². The van der Waals surface area contributed by atoms with Gasteiger partial charge in [0.05, 0.1) is 5.69 Å². The van der Waals surface area contributed by atoms with Crippen LogP contribution in [0.5, 0.6) is 5.75 Å². The summed E-state index contributed by atoms with van der Waals surface area (Å²) in [6, 6.07) is 9.68. The van der Waals surface area contributed by atoms with E-state index in [-0.39, 0.29) is 17.5 Å². The van der Waals surface area contributed by atoms with Crippen molar-refractivity contribution in [3.8, 4) is 5.75 Å². The van der Waals surface area contributed by atoms with Crippen molar-refractivity contribution < 1.29 is 19.1 Å². The molecule has 0 spiro atoms. The molecule has 1 unspecified atom stereocenters. The standard InChI is InChI=1S/C17H16N4O4/c1-9-16(23)21-13-8-11(6-7-14(13)25-9)19-17(24)12-4-3-5-15(20-12)18-10(2)22/h3-9H,1-2H3,(H,19,24)(H,21,23)(H,18,20,22). The molecule has 0 fully saturated rings. The van der Waals surface area contributed by atoms with Crippen LogP contribution in [0.1, 0.15) is 24.3 Å². The minimum absolute atomic E-state index is 0.151. The number of fused-ring (bicyclic) bond motifs is 1. The molecule has 2 heterocycles. The molecule has 8 heteroatoms. The highest BCUT2D eigenvalue weighted by Crippen LogP contribution is 2.32. The molecule has 2 aromatic rings. The van der Waals surface area contributed by atoms with Crippen LogP contribution in [0.2, 0.25) is 0 Å². The van der Waals surface area contributed by atoms with Crippen molar-refractivity contribution in [3.05, 3.63) is 42.1 Å². The Hall–Kier alpha value is -3.42. The number of nitrogens with one attached hydrogen (secondary N) is 3. The van der Waals surface area contributed by atoms with Gasteiger partial charge in [0.1, 0.15) is 17.3 Å². The lowest BCUT2D eigenvalue weighted by atomic mass is 10.2. The zero-order valence-corrected chi connectivity index (χ0v) is 13.6. The lowest BCUT2D eigenvalue weighted by molar-refractivity contribution is -0.122. The molecule has 0 aliphatic carbocycles. The first-order chi connectivity index (χ1) is 11.9. The van der Waals surface area contributed by atoms with Gasteiger partial charge in [-0.1, -0.05) is 6.07 Å². The molecule has 3 rings (SSSR count). The van der Waals surface area contributed by atoms with Crippen molar-refractivity contribution in [3.63, 3.8) is 0 Å². The molecule has 0 saturated heterocycles. The van der Waals surface area contributed by atoms with Crippen LogP contribution in [0, 0.1) is 0 Å². The monoisotopic (exact) mass is 340 g/mol. The fourth-order valence-corrected chi connectivity index (χ4v) is 2.29. The topological polar surface area (TPSA) is 109 Å². The minimum atomic E-state index is -0.561. The van der Waals surface area contributed by atoms with Gasteiger partial charge in [0.15, 0.2) is 6.10 Å². The van der Waals surface area contributed by atoms with E-state index in [4.69, 9.17) is 4.74 Å². The number of pyridine rings is 1. The number of anilines is 3. The first kappa shape index (κ1) is 16.4. The fraction of sp³-hybridized carbons (Fsp3) is 0.176. The molecule has 1 aromatic heterocycles. The van der Waals surface area contributed by atoms with Gasteiger partial charge in [0, 0.05) is 12.6 Å². The molecule has 128 valence electrons. The number of rotatable bonds is 3. The van der Waals surface area contributed by atoms with Gasteiger partial charge in [-0.2, -0.15) is 0 Å². The van der Waals surface area contributed by atoms with E-state index in [0.29, 0.717) is 22.9 Å². The van der Waals surface area contributed by atoms with Crippen LogP contribution >= 0.6 is 0 Å². The molecule has 25 heavy (non-hydrogen) atoms. The molecule has 0 bridgehead atoms. The van der Waals surface area contributed by atoms with Gasteiger partial charge in [0.25, 0.3) is 11.8 Å². The lowest BCUT2D eigenvalue weighted by Gasteiger charge is -2.23. The average Bonchev–Trinajstić information content (AvgIpc) is 2.56. The first-order valence-corrected chi connectivity index (χ1v) is 7.60. The summed E-state index contributed by atoms with van der Waals surface area (Å²) in [5, 5.41) is 7.93. The molecule has 3 N–H and O–H groups in total. The average molecular weight is 340 g/mol. The zero-order valence-electron chi connectivity index (χ0n) is 13.6. The third kappa shape index (κ3) is 3.74. The summed E-state index contributed by atoms with van der Waals surface area (Å²) in [6.45, 7) is 3.01. The highest BCUT2D eigenvalue weighted by Gasteiger charge is 2.23. The Labute approximate surface area is 143 Å². The fourth-order valence-electron chi connectivity index (χ4n) is 2.29. The van der Waals surface area contributed by atoms with Crippen LogP contribution < -0.4 is 20.7 Å². The molecular weight excluding hydrogens is 324 g/mol. The van der Waals surface area contributed by atoms with Crippen molar-refractivity contribution in [1.29, 1.82) is 0 Å². The molecule has 0 saturated carbocycles. The molecule has 0 radical (unpaired) electrons. The van der Waals surface area contributed by atoms with Crippen molar-refractivity contribution in [2.24, 2.45) is 0 Å². The number of aromatic nitrogens is 1. The van der Waals surface area contributed by atoms with E-state index in [2.05, 4.69) is 20.9 Å². The third-order valence-corrected chi connectivity index (χ3v) is 3.45. The van der Waals surface area contributed by atoms with Gasteiger partial charge in [-0.3, -0.25) is 14.4 Å². The molecule has 1 atom stereocenters. The Morgan fingerprint density at radius 2 is 2.00 bits per heavy atom. The Morgan fingerprint density at radius 3 is 2.76 bits per heavy atom. The predicted molar refractivity (Wildman–Crippen MR) is 91.7 cm³/mol. The molecule has 3 amide bonds. The molecule has 8 nitrogen and oxygen atoms in total. The minimum Gasteiger partial charge on any atom is -0.479 e. The zero-order chi connectivity index (χ0) is 18.0. The van der Waals surface area contributed by atoms with Crippen LogP contribution in [-0.4, -0.2) is 28.8 Å². The van der Waals surface area contributed by atoms with Crippen molar-refractivity contribution in [2.45, 2.75) is 20.0 Å². The summed E-state index contributed by atoms with van der Waals surface area (Å²) in [7, 11) is 0. The van der Waals surface area contributed by atoms with Gasteiger partial charge in [-0.05, 0) is 37.3 Å². The maximum absolute atomic E-state index is 12.3. The third-order valence-electron chi connectivity index (χ3n) is 3.45. The van der Waals surface area contributed by atoms with E-state index in [0.717, 1.165) is 0 Å². The quantitative estimate of drug-likeness (QED) is 0.792. The first-order valence-electron chi connectivity index (χ1n) is 7.60. The van der Waals surface area contributed by atoms with Crippen LogP contribution in [0.3, 0.4) is 0 Å². The predicted octanol–water partition coefficient (Wildman–Crippen LogP) is 2.01. The number of carbonyl (C=O) groups excluding carboxylic acids is 3. The smallest absolute Gasteiger partial charge is 0.274 e. The summed E-state index contributed by atoms with van der Waals surface area (Å²) in [5.41, 5.74) is 1.12. The van der Waals surface area contributed by atoms with Gasteiger partial charge < -0.3 is 20.7 Å². The van der Waals surface area contributed by atoms with E-state index in [1.54, 1.807) is 37.3 Å². The van der Waals surface area contributed by atoms with Crippen molar-refractivity contribution >= 4 is 34.9 Å². The highest BCUT2D eigenvalue weighted by molar-refractivity contribution is 6.04. The van der Waals surface area contributed by atoms with Crippen LogP contribution in [-0.2, 0) is 9.59 Å². The second-order valence-corrected chi connectivity index (χ2v) is 5.50. The summed E-state index contributed by atoms with van der Waals surface area (Å²) < 4.78 is 5.46. The van der Waals surface area contributed by atoms with Crippen molar-refractivity contribution in [2.75, 3.05) is 16.0 Å². The van der Waals surface area contributed by atoms with Gasteiger partial charge in [-0.25, -0.2) is 4.98 Å². The summed E-state index contributed by atoms with van der Waals surface area (Å²) in [5.74, 6) is -0.134. The number of nitrogens with zero attached hydrogens (tertiary/aromatic N) is 1. The van der Waals surface area contributed by atoms with E-state index in [9.17, 15) is 14.4 Å². The number of benzene rings is 1. The summed E-state index contributed by atoms with van der Waals surface area (Å²) in [6.07, 6.45) is -0.561. The largest absolute Gasteiger partial charge is 0.479 e. The maximum atomic E-state index is 12.3. The Kier molecular flexibility index (Phi) is 4.34. The number of hydrogen-bond donors (Lipinski definition) is 3. The van der Waals surface area contributed by atoms with Gasteiger partial charge in [-0.15, -0.1) is 0 Å². The number of amides is 3. The Bertz CT molecular complexity index is 865. The van der Waals surface area contributed by atoms with Crippen LogP contribution in [0.15, 0.2) is 36.4 Å². The number of hydrogen-bond acceptors (Lipinski definition) is 5. The number of carbonyl (C=O) groups is 3. The molecule has 1 aromatic carbocycles. The Morgan fingerprint density at radius 1 is 1.20 bits per heavy atom. The van der Waals surface area contributed by atoms with Crippen LogP contribution in [0.4, 0.5) is 17.2 Å². The van der Waals surface area contributed by atoms with Gasteiger partial charge in [0.2, 0.25) is 5.91 Å². The molecule has 1 aliphatic heterocycles. The van der Waals surface area contributed by atoms with E-state index in [1.807, 2.05) is 0 Å². The second kappa shape index (κ2) is 6.60. The van der Waals surface area contributed by atoms with E-state index in [1.165, 1.54) is 13.0 Å². The highest BCUT2D eigenvalue weighted by atomic mass is 16.5. The number of ether oxygens (including phenoxy) is 1. The summed E-state index contributed by atoms with van der Waals surface area (Å²) in [4.78, 5) is 39.2.